The first-order valence-electron chi connectivity index (χ1n) is 17.8. The molecule has 3 atom stereocenters. The number of phenolic OH excluding ortho intramolecular Hbond substituents is 1. The van der Waals surface area contributed by atoms with Crippen molar-refractivity contribution in [2.24, 2.45) is 17.1 Å². The molecule has 0 bridgehead atoms. The number of fused-ring (bicyclic) bond motifs is 1. The van der Waals surface area contributed by atoms with Crippen LogP contribution in [0.2, 0.25) is 0 Å². The molecule has 2 aromatic rings. The summed E-state index contributed by atoms with van der Waals surface area (Å²) in [7, 11) is 1.47. The molecule has 1 aromatic carbocycles. The Morgan fingerprint density at radius 2 is 1.85 bits per heavy atom. The number of carbonyl (C=O) groups excluding carboxylic acids is 2. The number of aliphatic hydroxyl groups excluding tert-OH is 2. The molecule has 7 N–H and O–H groups in total. The standard InChI is InChI=1S/C39H53N3O6/c1-48-34-23-27(15-16-33(45)37(47)32(44)14-8-3-2-5-10-26-11-6-4-7-12-26)22-31(36(34)46)35-29-18-21-42-38(40)30(29)17-19-39(35,25-43)24-28-13-9-20-41-28/h9,13,17-20,22-23,26,35,37,41-43,46-47H,2-8,10-12,14-16,21,24-25,40H2,1H3. The van der Waals surface area contributed by atoms with Crippen LogP contribution < -0.4 is 15.8 Å². The third-order valence-electron chi connectivity index (χ3n) is 10.6. The topological polar surface area (TPSA) is 158 Å². The normalized spacial score (nSPS) is 21.7. The van der Waals surface area contributed by atoms with E-state index in [1.165, 1.54) is 52.1 Å². The minimum atomic E-state index is -1.63. The average Bonchev–Trinajstić information content (AvgIpc) is 3.62. The van der Waals surface area contributed by atoms with Gasteiger partial charge in [0.1, 0.15) is 5.82 Å². The van der Waals surface area contributed by atoms with E-state index in [0.717, 1.165) is 35.6 Å². The van der Waals surface area contributed by atoms with Crippen molar-refractivity contribution in [3.05, 3.63) is 82.5 Å². The monoisotopic (exact) mass is 659 g/mol. The number of aromatic hydroxyl groups is 1. The Hall–Kier alpha value is -3.82. The number of rotatable bonds is 17. The first kappa shape index (κ1) is 35.5. The summed E-state index contributed by atoms with van der Waals surface area (Å²) in [6.45, 7) is 0.294. The summed E-state index contributed by atoms with van der Waals surface area (Å²) < 4.78 is 5.59. The lowest BCUT2D eigenvalue weighted by atomic mass is 9.61. The summed E-state index contributed by atoms with van der Waals surface area (Å²) in [5.41, 5.74) is 9.40. The zero-order valence-electron chi connectivity index (χ0n) is 28.3. The molecule has 1 fully saturated rings. The van der Waals surface area contributed by atoms with Crippen LogP contribution in [0, 0.1) is 11.3 Å². The van der Waals surface area contributed by atoms with Crippen LogP contribution in [0.5, 0.6) is 11.5 Å². The number of methoxy groups -OCH3 is 1. The fraction of sp³-hybridized carbons (Fsp3) is 0.538. The fourth-order valence-electron chi connectivity index (χ4n) is 7.91. The van der Waals surface area contributed by atoms with Crippen molar-refractivity contribution in [3.63, 3.8) is 0 Å². The number of dihydropyridines is 1. The predicted molar refractivity (Wildman–Crippen MR) is 186 cm³/mol. The molecule has 2 heterocycles. The zero-order chi connectivity index (χ0) is 34.1. The Kier molecular flexibility index (Phi) is 12.2. The van der Waals surface area contributed by atoms with Crippen LogP contribution in [-0.2, 0) is 22.4 Å². The molecule has 9 heteroatoms. The van der Waals surface area contributed by atoms with Gasteiger partial charge in [0, 0.05) is 53.7 Å². The summed E-state index contributed by atoms with van der Waals surface area (Å²) in [5.74, 6) is 0.143. The molecule has 3 unspecified atom stereocenters. The number of H-pyrrole nitrogens is 1. The Morgan fingerprint density at radius 3 is 2.58 bits per heavy atom. The number of allylic oxidation sites excluding steroid dienone is 3. The number of aromatic nitrogens is 1. The second kappa shape index (κ2) is 16.5. The molecular formula is C39H53N3O6. The molecular weight excluding hydrogens is 606 g/mol. The first-order valence-corrected chi connectivity index (χ1v) is 17.8. The molecule has 1 saturated carbocycles. The second-order valence-corrected chi connectivity index (χ2v) is 13.9. The number of ketones is 2. The molecule has 3 aliphatic rings. The number of nitrogens with two attached hydrogens (primary N) is 1. The maximum Gasteiger partial charge on any atom is 0.170 e. The van der Waals surface area contributed by atoms with Gasteiger partial charge >= 0.3 is 0 Å². The first-order chi connectivity index (χ1) is 23.3. The van der Waals surface area contributed by atoms with Gasteiger partial charge in [-0.15, -0.1) is 0 Å². The SMILES string of the molecule is COc1cc(CCC(=O)C(O)C(=O)CCCCCCC2CCCCC2)cc(C2C3=CCNC(N)=C3C=CC2(CO)Cc2ccc[nH]2)c1O. The quantitative estimate of drug-likeness (QED) is 0.0939. The lowest BCUT2D eigenvalue weighted by Gasteiger charge is -2.43. The number of carbonyl (C=O) groups is 2. The van der Waals surface area contributed by atoms with Gasteiger partial charge in [-0.3, -0.25) is 9.59 Å². The van der Waals surface area contributed by atoms with E-state index in [2.05, 4.69) is 10.3 Å². The maximum atomic E-state index is 13.0. The van der Waals surface area contributed by atoms with Crippen molar-refractivity contribution in [1.82, 2.24) is 10.3 Å². The lowest BCUT2D eigenvalue weighted by molar-refractivity contribution is -0.138. The number of hydrogen-bond acceptors (Lipinski definition) is 8. The molecule has 5 rings (SSSR count). The van der Waals surface area contributed by atoms with Gasteiger partial charge < -0.3 is 36.1 Å². The predicted octanol–water partition coefficient (Wildman–Crippen LogP) is 5.66. The van der Waals surface area contributed by atoms with Gasteiger partial charge in [-0.2, -0.15) is 0 Å². The molecule has 0 spiro atoms. The summed E-state index contributed by atoms with van der Waals surface area (Å²) in [5, 5.41) is 36.3. The number of aryl methyl sites for hydroxylation is 1. The summed E-state index contributed by atoms with van der Waals surface area (Å²) in [6.07, 6.45) is 18.9. The van der Waals surface area contributed by atoms with E-state index in [0.29, 0.717) is 36.3 Å². The molecule has 0 saturated heterocycles. The molecule has 260 valence electrons. The van der Waals surface area contributed by atoms with Gasteiger partial charge in [0.15, 0.2) is 29.2 Å². The minimum absolute atomic E-state index is 0.0371. The number of ether oxygens (including phenoxy) is 1. The van der Waals surface area contributed by atoms with Crippen LogP contribution in [0.25, 0.3) is 0 Å². The van der Waals surface area contributed by atoms with Crippen LogP contribution in [0.3, 0.4) is 0 Å². The smallest absolute Gasteiger partial charge is 0.170 e. The highest BCUT2D eigenvalue weighted by molar-refractivity contribution is 6.05. The van der Waals surface area contributed by atoms with E-state index in [9.17, 15) is 24.9 Å². The van der Waals surface area contributed by atoms with E-state index < -0.39 is 29.0 Å². The van der Waals surface area contributed by atoms with E-state index in [1.807, 2.05) is 42.6 Å². The summed E-state index contributed by atoms with van der Waals surface area (Å²) >= 11 is 0. The Balaban J connectivity index is 1.27. The summed E-state index contributed by atoms with van der Waals surface area (Å²) in [6, 6.07) is 7.39. The van der Waals surface area contributed by atoms with Crippen molar-refractivity contribution in [2.45, 2.75) is 102 Å². The summed E-state index contributed by atoms with van der Waals surface area (Å²) in [4.78, 5) is 28.9. The highest BCUT2D eigenvalue weighted by Gasteiger charge is 2.45. The van der Waals surface area contributed by atoms with Gasteiger partial charge in [-0.25, -0.2) is 0 Å². The largest absolute Gasteiger partial charge is 0.504 e. The van der Waals surface area contributed by atoms with Gasteiger partial charge in [0.25, 0.3) is 0 Å². The number of phenols is 1. The molecule has 2 aliphatic carbocycles. The molecule has 48 heavy (non-hydrogen) atoms. The number of unbranched alkanes of at least 4 members (excludes halogenated alkanes) is 3. The van der Waals surface area contributed by atoms with Gasteiger partial charge in [-0.1, -0.05) is 82.1 Å². The van der Waals surface area contributed by atoms with Crippen LogP contribution in [0.1, 0.15) is 99.8 Å². The molecule has 0 radical (unpaired) electrons. The van der Waals surface area contributed by atoms with E-state index >= 15 is 0 Å². The molecule has 1 aliphatic heterocycles. The van der Waals surface area contributed by atoms with Crippen LogP contribution >= 0.6 is 0 Å². The average molecular weight is 660 g/mol. The minimum Gasteiger partial charge on any atom is -0.504 e. The maximum absolute atomic E-state index is 13.0. The van der Waals surface area contributed by atoms with Crippen molar-refractivity contribution >= 4 is 11.6 Å². The van der Waals surface area contributed by atoms with Crippen LogP contribution in [0.4, 0.5) is 0 Å². The van der Waals surface area contributed by atoms with E-state index in [1.54, 1.807) is 6.07 Å². The van der Waals surface area contributed by atoms with E-state index in [4.69, 9.17) is 10.5 Å². The third-order valence-corrected chi connectivity index (χ3v) is 10.6. The fourth-order valence-corrected chi connectivity index (χ4v) is 7.91. The number of aliphatic hydroxyl groups is 2. The number of benzene rings is 1. The van der Waals surface area contributed by atoms with Gasteiger partial charge in [0.05, 0.1) is 13.7 Å². The molecule has 0 amide bonds. The highest BCUT2D eigenvalue weighted by atomic mass is 16.5. The lowest BCUT2D eigenvalue weighted by Crippen LogP contribution is -2.40. The number of nitrogens with one attached hydrogen (secondary N) is 2. The van der Waals surface area contributed by atoms with Gasteiger partial charge in [0.2, 0.25) is 0 Å². The number of aromatic amines is 1. The van der Waals surface area contributed by atoms with Crippen molar-refractivity contribution in [3.8, 4) is 11.5 Å². The van der Waals surface area contributed by atoms with Gasteiger partial charge in [-0.05, 0) is 54.5 Å². The Bertz CT molecular complexity index is 1500. The Labute approximate surface area is 284 Å². The van der Waals surface area contributed by atoms with Crippen LogP contribution in [0.15, 0.2) is 65.7 Å². The van der Waals surface area contributed by atoms with Crippen molar-refractivity contribution in [1.29, 1.82) is 0 Å². The number of hydrogen-bond donors (Lipinski definition) is 6. The highest BCUT2D eigenvalue weighted by Crippen LogP contribution is 2.54. The van der Waals surface area contributed by atoms with Crippen molar-refractivity contribution in [2.75, 3.05) is 20.3 Å². The molecule has 1 aromatic heterocycles. The number of Topliss-reactive ketones (excluding diaryl/α,β-unsaturated/α-hetero) is 2. The van der Waals surface area contributed by atoms with E-state index in [-0.39, 0.29) is 37.4 Å². The second-order valence-electron chi connectivity index (χ2n) is 13.9. The Morgan fingerprint density at radius 1 is 1.08 bits per heavy atom. The molecule has 9 nitrogen and oxygen atoms in total. The zero-order valence-corrected chi connectivity index (χ0v) is 28.3. The van der Waals surface area contributed by atoms with Crippen molar-refractivity contribution < 1.29 is 29.6 Å². The third kappa shape index (κ3) is 8.24. The van der Waals surface area contributed by atoms with Crippen LogP contribution in [-0.4, -0.2) is 58.2 Å².